The minimum absolute atomic E-state index is 0.138. The number of amides is 1. The largest absolute Gasteiger partial charge is 0.338 e. The van der Waals surface area contributed by atoms with E-state index in [1.165, 1.54) is 32.4 Å². The van der Waals surface area contributed by atoms with Crippen LogP contribution in [0.5, 0.6) is 0 Å². The van der Waals surface area contributed by atoms with Gasteiger partial charge in [0.15, 0.2) is 0 Å². The zero-order valence-corrected chi connectivity index (χ0v) is 16.9. The molecule has 1 aromatic heterocycles. The molecule has 1 aromatic rings. The molecule has 0 N–H and O–H groups in total. The van der Waals surface area contributed by atoms with Gasteiger partial charge in [0.1, 0.15) is 6.04 Å². The number of piperidine rings is 1. The zero-order valence-electron chi connectivity index (χ0n) is 16.9. The van der Waals surface area contributed by atoms with Gasteiger partial charge in [-0.15, -0.1) is 0 Å². The Morgan fingerprint density at radius 2 is 1.92 bits per heavy atom. The second kappa shape index (κ2) is 9.03. The first-order valence-corrected chi connectivity index (χ1v) is 10.7. The second-order valence-electron chi connectivity index (χ2n) is 8.19. The number of hydrogen-bond donors (Lipinski definition) is 0. The third kappa shape index (κ3) is 4.48. The molecule has 0 unspecified atom stereocenters. The van der Waals surface area contributed by atoms with Gasteiger partial charge in [-0.1, -0.05) is 13.3 Å². The van der Waals surface area contributed by atoms with E-state index >= 15 is 0 Å². The molecule has 0 bridgehead atoms. The molecule has 3 rings (SSSR count). The summed E-state index contributed by atoms with van der Waals surface area (Å²) >= 11 is 0. The Morgan fingerprint density at radius 1 is 1.19 bits per heavy atom. The Morgan fingerprint density at radius 3 is 2.58 bits per heavy atom. The lowest BCUT2D eigenvalue weighted by atomic mass is 9.97. The number of aryl methyl sites for hydroxylation is 2. The van der Waals surface area contributed by atoms with Crippen molar-refractivity contribution in [2.45, 2.75) is 84.2 Å². The van der Waals surface area contributed by atoms with Crippen LogP contribution < -0.4 is 0 Å². The van der Waals surface area contributed by atoms with E-state index in [0.29, 0.717) is 11.9 Å². The van der Waals surface area contributed by atoms with Crippen LogP contribution in [0.15, 0.2) is 6.07 Å². The molecule has 2 fully saturated rings. The van der Waals surface area contributed by atoms with Crippen molar-refractivity contribution >= 4 is 5.91 Å². The molecule has 3 heterocycles. The lowest BCUT2D eigenvalue weighted by molar-refractivity contribution is -0.139. The first kappa shape index (κ1) is 19.4. The van der Waals surface area contributed by atoms with E-state index in [4.69, 9.17) is 0 Å². The molecule has 146 valence electrons. The van der Waals surface area contributed by atoms with Gasteiger partial charge < -0.3 is 9.80 Å². The molecule has 26 heavy (non-hydrogen) atoms. The number of carbonyl (C=O) groups excluding carboxylic acids is 1. The summed E-state index contributed by atoms with van der Waals surface area (Å²) < 4.78 is 1.98. The van der Waals surface area contributed by atoms with Crippen molar-refractivity contribution < 1.29 is 4.79 Å². The first-order valence-electron chi connectivity index (χ1n) is 10.7. The molecule has 2 atom stereocenters. The minimum atomic E-state index is -0.138. The van der Waals surface area contributed by atoms with Gasteiger partial charge in [-0.05, 0) is 77.9 Å². The van der Waals surface area contributed by atoms with E-state index in [9.17, 15) is 4.79 Å². The van der Waals surface area contributed by atoms with Gasteiger partial charge in [-0.2, -0.15) is 5.10 Å². The van der Waals surface area contributed by atoms with E-state index in [2.05, 4.69) is 34.8 Å². The SMILES string of the molecule is CCC[C@@H](C(=O)N1CCCC[C@H]1CCN1CCCC1)n1nc(C)cc1C. The number of rotatable bonds is 7. The monoisotopic (exact) mass is 360 g/mol. The van der Waals surface area contributed by atoms with Crippen molar-refractivity contribution in [1.82, 2.24) is 19.6 Å². The summed E-state index contributed by atoms with van der Waals surface area (Å²) in [5.41, 5.74) is 2.10. The molecule has 5 nitrogen and oxygen atoms in total. The van der Waals surface area contributed by atoms with Crippen molar-refractivity contribution in [2.24, 2.45) is 0 Å². The predicted octanol–water partition coefficient (Wildman–Crippen LogP) is 3.71. The number of aromatic nitrogens is 2. The number of hydrogen-bond acceptors (Lipinski definition) is 3. The highest BCUT2D eigenvalue weighted by molar-refractivity contribution is 5.81. The Labute approximate surface area is 158 Å². The molecule has 2 aliphatic rings. The molecule has 2 aliphatic heterocycles. The fourth-order valence-electron chi connectivity index (χ4n) is 4.71. The average molecular weight is 361 g/mol. The van der Waals surface area contributed by atoms with E-state index in [1.54, 1.807) is 0 Å². The average Bonchev–Trinajstić information content (AvgIpc) is 3.27. The molecule has 0 aromatic carbocycles. The summed E-state index contributed by atoms with van der Waals surface area (Å²) in [5.74, 6) is 0.296. The van der Waals surface area contributed by atoms with Crippen LogP contribution >= 0.6 is 0 Å². The third-order valence-electron chi connectivity index (χ3n) is 6.07. The van der Waals surface area contributed by atoms with Crippen molar-refractivity contribution in [2.75, 3.05) is 26.2 Å². The van der Waals surface area contributed by atoms with Gasteiger partial charge in [0, 0.05) is 24.8 Å². The van der Waals surface area contributed by atoms with Gasteiger partial charge in [0.05, 0.1) is 5.69 Å². The lowest BCUT2D eigenvalue weighted by Crippen LogP contribution is -2.48. The highest BCUT2D eigenvalue weighted by Crippen LogP contribution is 2.27. The Balaban J connectivity index is 1.71. The second-order valence-corrected chi connectivity index (χ2v) is 8.19. The minimum Gasteiger partial charge on any atom is -0.338 e. The van der Waals surface area contributed by atoms with Crippen LogP contribution in [0.4, 0.5) is 0 Å². The Kier molecular flexibility index (Phi) is 6.74. The van der Waals surface area contributed by atoms with Crippen molar-refractivity contribution in [3.8, 4) is 0 Å². The maximum atomic E-state index is 13.5. The fourth-order valence-corrected chi connectivity index (χ4v) is 4.71. The highest BCUT2D eigenvalue weighted by Gasteiger charge is 2.33. The van der Waals surface area contributed by atoms with E-state index < -0.39 is 0 Å². The number of carbonyl (C=O) groups is 1. The van der Waals surface area contributed by atoms with E-state index in [-0.39, 0.29) is 6.04 Å². The molecule has 0 saturated carbocycles. The number of likely N-dealkylation sites (tertiary alicyclic amines) is 2. The van der Waals surface area contributed by atoms with Gasteiger partial charge in [0.25, 0.3) is 0 Å². The molecule has 2 saturated heterocycles. The van der Waals surface area contributed by atoms with Crippen LogP contribution in [0.3, 0.4) is 0 Å². The molecular formula is C21H36N4O. The van der Waals surface area contributed by atoms with E-state index in [0.717, 1.165) is 56.6 Å². The Hall–Kier alpha value is -1.36. The van der Waals surface area contributed by atoms with Gasteiger partial charge >= 0.3 is 0 Å². The molecule has 0 aliphatic carbocycles. The van der Waals surface area contributed by atoms with Crippen LogP contribution in [0.2, 0.25) is 0 Å². The predicted molar refractivity (Wildman–Crippen MR) is 105 cm³/mol. The van der Waals surface area contributed by atoms with Gasteiger partial charge in [0.2, 0.25) is 5.91 Å². The summed E-state index contributed by atoms with van der Waals surface area (Å²) in [6.07, 6.45) is 9.23. The molecule has 1 amide bonds. The first-order chi connectivity index (χ1) is 12.6. The topological polar surface area (TPSA) is 41.4 Å². The number of nitrogens with zero attached hydrogens (tertiary/aromatic N) is 4. The molecular weight excluding hydrogens is 324 g/mol. The highest BCUT2D eigenvalue weighted by atomic mass is 16.2. The van der Waals surface area contributed by atoms with E-state index in [1.807, 2.05) is 11.6 Å². The van der Waals surface area contributed by atoms with Crippen LogP contribution in [0.25, 0.3) is 0 Å². The summed E-state index contributed by atoms with van der Waals surface area (Å²) in [6, 6.07) is 2.35. The maximum Gasteiger partial charge on any atom is 0.247 e. The fraction of sp³-hybridized carbons (Fsp3) is 0.810. The van der Waals surface area contributed by atoms with Crippen LogP contribution in [-0.4, -0.2) is 57.7 Å². The lowest BCUT2D eigenvalue weighted by Gasteiger charge is -2.38. The summed E-state index contributed by atoms with van der Waals surface area (Å²) in [5, 5.41) is 4.64. The smallest absolute Gasteiger partial charge is 0.247 e. The van der Waals surface area contributed by atoms with Crippen molar-refractivity contribution in [1.29, 1.82) is 0 Å². The summed E-state index contributed by atoms with van der Waals surface area (Å²) in [7, 11) is 0. The Bertz CT molecular complexity index is 591. The summed E-state index contributed by atoms with van der Waals surface area (Å²) in [4.78, 5) is 18.3. The van der Waals surface area contributed by atoms with Gasteiger partial charge in [-0.25, -0.2) is 0 Å². The third-order valence-corrected chi connectivity index (χ3v) is 6.07. The molecule has 0 radical (unpaired) electrons. The van der Waals surface area contributed by atoms with Crippen LogP contribution in [0.1, 0.15) is 75.7 Å². The summed E-state index contributed by atoms with van der Waals surface area (Å²) in [6.45, 7) is 10.8. The molecule has 5 heteroatoms. The van der Waals surface area contributed by atoms with Crippen molar-refractivity contribution in [3.63, 3.8) is 0 Å². The van der Waals surface area contributed by atoms with Crippen LogP contribution in [-0.2, 0) is 4.79 Å². The normalized spacial score (nSPS) is 22.7. The maximum absolute atomic E-state index is 13.5. The van der Waals surface area contributed by atoms with Crippen molar-refractivity contribution in [3.05, 3.63) is 17.5 Å². The molecule has 0 spiro atoms. The zero-order chi connectivity index (χ0) is 18.5. The standard InChI is InChI=1S/C21H36N4O/c1-4-9-20(25-18(3)16-17(2)22-25)21(26)24-14-6-5-10-19(24)11-15-23-12-7-8-13-23/h16,19-20H,4-15H2,1-3H3/t19-,20-/m0/s1. The van der Waals surface area contributed by atoms with Crippen LogP contribution in [0, 0.1) is 13.8 Å². The quantitative estimate of drug-likeness (QED) is 0.744. The van der Waals surface area contributed by atoms with Gasteiger partial charge in [-0.3, -0.25) is 9.48 Å².